The maximum Gasteiger partial charge on any atom is 0.150 e. The Kier molecular flexibility index (Phi) is 3.11. The van der Waals surface area contributed by atoms with E-state index in [2.05, 4.69) is 4.98 Å². The molecule has 1 aromatic heterocycles. The Morgan fingerprint density at radius 1 is 1.35 bits per heavy atom. The Labute approximate surface area is 101 Å². The number of rotatable bonds is 3. The molecule has 0 bridgehead atoms. The van der Waals surface area contributed by atoms with Crippen molar-refractivity contribution in [2.45, 2.75) is 19.5 Å². The standard InChI is InChI=1S/C14H17FN2/c1-10(2)14(15,9-16)12-5-6-13-11(8-12)4-3-7-17-13/h3-8,10H,9,16H2,1-2H3. The van der Waals surface area contributed by atoms with Crippen LogP contribution in [0, 0.1) is 5.92 Å². The number of fused-ring (bicyclic) bond motifs is 1. The van der Waals surface area contributed by atoms with Gasteiger partial charge in [-0.2, -0.15) is 0 Å². The molecule has 1 heterocycles. The summed E-state index contributed by atoms with van der Waals surface area (Å²) in [5.74, 6) is -0.151. The van der Waals surface area contributed by atoms with Gasteiger partial charge in [0.15, 0.2) is 0 Å². The molecule has 2 N–H and O–H groups in total. The molecule has 2 rings (SSSR count). The first-order valence-electron chi connectivity index (χ1n) is 5.82. The summed E-state index contributed by atoms with van der Waals surface area (Å²) in [6.45, 7) is 3.69. The lowest BCUT2D eigenvalue weighted by molar-refractivity contribution is 0.109. The molecule has 1 aromatic carbocycles. The van der Waals surface area contributed by atoms with Gasteiger partial charge < -0.3 is 5.73 Å². The summed E-state index contributed by atoms with van der Waals surface area (Å²) in [5.41, 5.74) is 5.63. The minimum Gasteiger partial charge on any atom is -0.327 e. The normalized spacial score (nSPS) is 15.1. The lowest BCUT2D eigenvalue weighted by atomic mass is 9.84. The third kappa shape index (κ3) is 2.03. The number of halogens is 1. The molecule has 0 saturated carbocycles. The van der Waals surface area contributed by atoms with Crippen LogP contribution < -0.4 is 5.73 Å². The first kappa shape index (κ1) is 12.0. The Morgan fingerprint density at radius 3 is 2.76 bits per heavy atom. The second kappa shape index (κ2) is 4.41. The third-order valence-electron chi connectivity index (χ3n) is 3.30. The molecule has 0 amide bonds. The van der Waals surface area contributed by atoms with E-state index in [1.807, 2.05) is 38.1 Å². The van der Waals surface area contributed by atoms with E-state index in [4.69, 9.17) is 5.73 Å². The molecule has 0 aliphatic carbocycles. The first-order chi connectivity index (χ1) is 8.08. The minimum absolute atomic E-state index is 0.00354. The van der Waals surface area contributed by atoms with Gasteiger partial charge in [-0.1, -0.05) is 26.0 Å². The van der Waals surface area contributed by atoms with Gasteiger partial charge in [0.2, 0.25) is 0 Å². The van der Waals surface area contributed by atoms with E-state index in [-0.39, 0.29) is 12.5 Å². The molecule has 0 spiro atoms. The summed E-state index contributed by atoms with van der Waals surface area (Å²) in [7, 11) is 0. The van der Waals surface area contributed by atoms with Crippen molar-refractivity contribution in [1.29, 1.82) is 0 Å². The van der Waals surface area contributed by atoms with Crippen LogP contribution in [0.2, 0.25) is 0 Å². The molecule has 2 aromatic rings. The van der Waals surface area contributed by atoms with Crippen LogP contribution in [0.5, 0.6) is 0 Å². The molecular formula is C14H17FN2. The molecule has 2 nitrogen and oxygen atoms in total. The van der Waals surface area contributed by atoms with Crippen LogP contribution in [-0.2, 0) is 5.67 Å². The highest BCUT2D eigenvalue weighted by Gasteiger charge is 2.34. The third-order valence-corrected chi connectivity index (χ3v) is 3.30. The molecule has 17 heavy (non-hydrogen) atoms. The van der Waals surface area contributed by atoms with Gasteiger partial charge in [-0.25, -0.2) is 4.39 Å². The largest absolute Gasteiger partial charge is 0.327 e. The zero-order valence-corrected chi connectivity index (χ0v) is 10.2. The summed E-state index contributed by atoms with van der Waals surface area (Å²) in [6, 6.07) is 9.25. The molecule has 0 radical (unpaired) electrons. The van der Waals surface area contributed by atoms with E-state index in [1.54, 1.807) is 12.3 Å². The number of nitrogens with zero attached hydrogens (tertiary/aromatic N) is 1. The van der Waals surface area contributed by atoms with Gasteiger partial charge in [-0.15, -0.1) is 0 Å². The van der Waals surface area contributed by atoms with Crippen molar-refractivity contribution in [3.8, 4) is 0 Å². The second-order valence-corrected chi connectivity index (χ2v) is 4.63. The zero-order chi connectivity index (χ0) is 12.5. The molecule has 0 fully saturated rings. The fourth-order valence-electron chi connectivity index (χ4n) is 2.02. The van der Waals surface area contributed by atoms with Gasteiger partial charge in [0, 0.05) is 18.1 Å². The number of aromatic nitrogens is 1. The minimum atomic E-state index is -1.47. The Bertz CT molecular complexity index is 524. The first-order valence-corrected chi connectivity index (χ1v) is 5.82. The van der Waals surface area contributed by atoms with E-state index in [0.717, 1.165) is 10.9 Å². The maximum atomic E-state index is 14.8. The molecule has 0 saturated heterocycles. The fourth-order valence-corrected chi connectivity index (χ4v) is 2.02. The van der Waals surface area contributed by atoms with Crippen molar-refractivity contribution in [2.75, 3.05) is 6.54 Å². The van der Waals surface area contributed by atoms with Crippen LogP contribution >= 0.6 is 0 Å². The number of benzene rings is 1. The number of alkyl halides is 1. The zero-order valence-electron chi connectivity index (χ0n) is 10.2. The quantitative estimate of drug-likeness (QED) is 0.883. The fraction of sp³-hybridized carbons (Fsp3) is 0.357. The summed E-state index contributed by atoms with van der Waals surface area (Å²) in [4.78, 5) is 4.22. The second-order valence-electron chi connectivity index (χ2n) is 4.63. The van der Waals surface area contributed by atoms with Crippen molar-refractivity contribution < 1.29 is 4.39 Å². The van der Waals surface area contributed by atoms with Gasteiger partial charge in [-0.05, 0) is 29.7 Å². The number of hydrogen-bond donors (Lipinski definition) is 1. The van der Waals surface area contributed by atoms with Crippen LogP contribution in [0.15, 0.2) is 36.5 Å². The lowest BCUT2D eigenvalue weighted by Gasteiger charge is -2.28. The average Bonchev–Trinajstić information content (AvgIpc) is 2.37. The predicted octanol–water partition coefficient (Wildman–Crippen LogP) is 3.01. The Balaban J connectivity index is 2.55. The molecule has 90 valence electrons. The van der Waals surface area contributed by atoms with Gasteiger partial charge in [0.05, 0.1) is 5.52 Å². The van der Waals surface area contributed by atoms with Crippen LogP contribution in [0.3, 0.4) is 0 Å². The van der Waals surface area contributed by atoms with E-state index < -0.39 is 5.67 Å². The van der Waals surface area contributed by atoms with Crippen LogP contribution in [-0.4, -0.2) is 11.5 Å². The van der Waals surface area contributed by atoms with E-state index in [0.29, 0.717) is 5.56 Å². The number of pyridine rings is 1. The van der Waals surface area contributed by atoms with Crippen LogP contribution in [0.1, 0.15) is 19.4 Å². The van der Waals surface area contributed by atoms with Crippen LogP contribution in [0.4, 0.5) is 4.39 Å². The molecule has 1 atom stereocenters. The van der Waals surface area contributed by atoms with Crippen molar-refractivity contribution in [3.05, 3.63) is 42.1 Å². The van der Waals surface area contributed by atoms with Gasteiger partial charge in [-0.3, -0.25) is 4.98 Å². The molecule has 0 aliphatic heterocycles. The van der Waals surface area contributed by atoms with Crippen molar-refractivity contribution >= 4 is 10.9 Å². The van der Waals surface area contributed by atoms with E-state index in [1.165, 1.54) is 0 Å². The van der Waals surface area contributed by atoms with E-state index >= 15 is 0 Å². The van der Waals surface area contributed by atoms with Crippen LogP contribution in [0.25, 0.3) is 10.9 Å². The number of nitrogens with two attached hydrogens (primary N) is 1. The van der Waals surface area contributed by atoms with Crippen molar-refractivity contribution in [2.24, 2.45) is 11.7 Å². The predicted molar refractivity (Wildman–Crippen MR) is 68.4 cm³/mol. The van der Waals surface area contributed by atoms with Crippen molar-refractivity contribution in [1.82, 2.24) is 4.98 Å². The summed E-state index contributed by atoms with van der Waals surface area (Å²) in [5, 5.41) is 0.945. The molecule has 1 unspecified atom stereocenters. The smallest absolute Gasteiger partial charge is 0.150 e. The lowest BCUT2D eigenvalue weighted by Crippen LogP contribution is -2.35. The average molecular weight is 232 g/mol. The topological polar surface area (TPSA) is 38.9 Å². The van der Waals surface area contributed by atoms with Gasteiger partial charge in [0.25, 0.3) is 0 Å². The summed E-state index contributed by atoms with van der Waals surface area (Å²) >= 11 is 0. The summed E-state index contributed by atoms with van der Waals surface area (Å²) in [6.07, 6.45) is 1.73. The Morgan fingerprint density at radius 2 is 2.12 bits per heavy atom. The monoisotopic (exact) mass is 232 g/mol. The van der Waals surface area contributed by atoms with Crippen molar-refractivity contribution in [3.63, 3.8) is 0 Å². The molecular weight excluding hydrogens is 215 g/mol. The SMILES string of the molecule is CC(C)C(F)(CN)c1ccc2ncccc2c1. The maximum absolute atomic E-state index is 14.8. The molecule has 3 heteroatoms. The molecule has 0 aliphatic rings. The highest BCUT2D eigenvalue weighted by Crippen LogP contribution is 2.34. The summed E-state index contributed by atoms with van der Waals surface area (Å²) < 4.78 is 14.8. The number of hydrogen-bond acceptors (Lipinski definition) is 2. The highest BCUT2D eigenvalue weighted by atomic mass is 19.1. The highest BCUT2D eigenvalue weighted by molar-refractivity contribution is 5.79. The van der Waals surface area contributed by atoms with E-state index in [9.17, 15) is 4.39 Å². The van der Waals surface area contributed by atoms with Gasteiger partial charge >= 0.3 is 0 Å². The van der Waals surface area contributed by atoms with Gasteiger partial charge in [0.1, 0.15) is 5.67 Å². The Hall–Kier alpha value is -1.48.